The fourth-order valence-corrected chi connectivity index (χ4v) is 2.03. The van der Waals surface area contributed by atoms with Gasteiger partial charge in [0.25, 0.3) is 0 Å². The lowest BCUT2D eigenvalue weighted by Crippen LogP contribution is -2.32. The normalized spacial score (nSPS) is 12.5. The van der Waals surface area contributed by atoms with Gasteiger partial charge in [0.2, 0.25) is 0 Å². The Hall–Kier alpha value is -0.980. The van der Waals surface area contributed by atoms with Crippen LogP contribution in [0.1, 0.15) is 39.7 Å². The van der Waals surface area contributed by atoms with Crippen molar-refractivity contribution in [2.75, 3.05) is 11.4 Å². The van der Waals surface area contributed by atoms with Crippen molar-refractivity contribution < 1.29 is 0 Å². The number of hydrogen-bond acceptors (Lipinski definition) is 1. The molecule has 1 rings (SSSR count). The first-order chi connectivity index (χ1) is 7.24. The molecule has 0 aliphatic carbocycles. The quantitative estimate of drug-likeness (QED) is 0.705. The van der Waals surface area contributed by atoms with Crippen LogP contribution in [0, 0.1) is 0 Å². The molecule has 0 saturated heterocycles. The van der Waals surface area contributed by atoms with Crippen molar-refractivity contribution in [3.63, 3.8) is 0 Å². The van der Waals surface area contributed by atoms with E-state index >= 15 is 0 Å². The van der Waals surface area contributed by atoms with Gasteiger partial charge >= 0.3 is 0 Å². The van der Waals surface area contributed by atoms with Gasteiger partial charge in [-0.3, -0.25) is 0 Å². The Balaban J connectivity index is 3.00. The molecular formula is C14H23N. The molecule has 0 fully saturated rings. The first kappa shape index (κ1) is 12.1. The third-order valence-corrected chi connectivity index (χ3v) is 3.15. The van der Waals surface area contributed by atoms with Crippen LogP contribution in [0.25, 0.3) is 0 Å². The molecule has 0 amide bonds. The predicted octanol–water partition coefficient (Wildman–Crippen LogP) is 3.87. The average molecular weight is 205 g/mol. The van der Waals surface area contributed by atoms with Crippen molar-refractivity contribution >= 4 is 5.69 Å². The highest BCUT2D eigenvalue weighted by molar-refractivity contribution is 5.54. The third kappa shape index (κ3) is 2.74. The van der Waals surface area contributed by atoms with Crippen LogP contribution in [0.15, 0.2) is 24.3 Å². The molecule has 0 bridgehead atoms. The van der Waals surface area contributed by atoms with Crippen molar-refractivity contribution in [2.24, 2.45) is 0 Å². The number of rotatable bonds is 5. The highest BCUT2D eigenvalue weighted by Gasteiger charge is 2.12. The Morgan fingerprint density at radius 2 is 1.80 bits per heavy atom. The molecule has 0 radical (unpaired) electrons. The number of aryl methyl sites for hydroxylation is 1. The van der Waals surface area contributed by atoms with E-state index in [0.29, 0.717) is 6.04 Å². The van der Waals surface area contributed by atoms with E-state index in [1.54, 1.807) is 0 Å². The SMILES string of the molecule is CCc1ccccc1N(CC)C(C)CC. The van der Waals surface area contributed by atoms with E-state index in [1.165, 1.54) is 17.7 Å². The number of anilines is 1. The van der Waals surface area contributed by atoms with Crippen molar-refractivity contribution in [1.29, 1.82) is 0 Å². The number of para-hydroxylation sites is 1. The molecule has 1 aromatic rings. The van der Waals surface area contributed by atoms with Crippen LogP contribution in [0.3, 0.4) is 0 Å². The second kappa shape index (κ2) is 5.79. The van der Waals surface area contributed by atoms with E-state index < -0.39 is 0 Å². The van der Waals surface area contributed by atoms with E-state index in [2.05, 4.69) is 56.9 Å². The lowest BCUT2D eigenvalue weighted by Gasteiger charge is -2.31. The number of benzene rings is 1. The molecular weight excluding hydrogens is 182 g/mol. The molecule has 0 saturated carbocycles. The highest BCUT2D eigenvalue weighted by Crippen LogP contribution is 2.23. The minimum atomic E-state index is 0.627. The Bertz CT molecular complexity index is 293. The van der Waals surface area contributed by atoms with Crippen LogP contribution < -0.4 is 4.90 Å². The summed E-state index contributed by atoms with van der Waals surface area (Å²) in [6.07, 6.45) is 2.31. The molecule has 1 nitrogen and oxygen atoms in total. The smallest absolute Gasteiger partial charge is 0.0400 e. The summed E-state index contributed by atoms with van der Waals surface area (Å²) in [6, 6.07) is 9.38. The minimum Gasteiger partial charge on any atom is -0.369 e. The van der Waals surface area contributed by atoms with Crippen molar-refractivity contribution in [3.05, 3.63) is 29.8 Å². The van der Waals surface area contributed by atoms with Gasteiger partial charge in [-0.05, 0) is 38.3 Å². The Morgan fingerprint density at radius 3 is 2.33 bits per heavy atom. The minimum absolute atomic E-state index is 0.627. The first-order valence-corrected chi connectivity index (χ1v) is 6.09. The average Bonchev–Trinajstić information content (AvgIpc) is 2.30. The third-order valence-electron chi connectivity index (χ3n) is 3.15. The summed E-state index contributed by atoms with van der Waals surface area (Å²) in [6.45, 7) is 10.1. The van der Waals surface area contributed by atoms with E-state index in [1.807, 2.05) is 0 Å². The second-order valence-electron chi connectivity index (χ2n) is 4.03. The van der Waals surface area contributed by atoms with Crippen molar-refractivity contribution in [3.8, 4) is 0 Å². The van der Waals surface area contributed by atoms with E-state index in [4.69, 9.17) is 0 Å². The van der Waals surface area contributed by atoms with E-state index in [0.717, 1.165) is 13.0 Å². The molecule has 1 atom stereocenters. The molecule has 1 aromatic carbocycles. The summed E-state index contributed by atoms with van der Waals surface area (Å²) in [5, 5.41) is 0. The lowest BCUT2D eigenvalue weighted by atomic mass is 10.1. The predicted molar refractivity (Wildman–Crippen MR) is 68.6 cm³/mol. The summed E-state index contributed by atoms with van der Waals surface area (Å²) in [5.41, 5.74) is 2.87. The molecule has 0 aromatic heterocycles. The fourth-order valence-electron chi connectivity index (χ4n) is 2.03. The molecule has 1 heteroatoms. The summed E-state index contributed by atoms with van der Waals surface area (Å²) >= 11 is 0. The van der Waals surface area contributed by atoms with Crippen molar-refractivity contribution in [2.45, 2.75) is 46.6 Å². The monoisotopic (exact) mass is 205 g/mol. The molecule has 0 spiro atoms. The molecule has 0 aliphatic rings. The van der Waals surface area contributed by atoms with Crippen LogP contribution >= 0.6 is 0 Å². The molecule has 1 unspecified atom stereocenters. The summed E-state index contributed by atoms with van der Waals surface area (Å²) in [7, 11) is 0. The molecule has 15 heavy (non-hydrogen) atoms. The van der Waals surface area contributed by atoms with Gasteiger partial charge in [0.15, 0.2) is 0 Å². The maximum atomic E-state index is 2.50. The van der Waals surface area contributed by atoms with Crippen LogP contribution in [-0.2, 0) is 6.42 Å². The molecule has 0 aliphatic heterocycles. The van der Waals surface area contributed by atoms with Gasteiger partial charge in [0.1, 0.15) is 0 Å². The standard InChI is InChI=1S/C14H23N/c1-5-12(4)15(7-3)14-11-9-8-10-13(14)6-2/h8-12H,5-7H2,1-4H3. The summed E-state index contributed by atoms with van der Waals surface area (Å²) in [5.74, 6) is 0. The van der Waals surface area contributed by atoms with Crippen molar-refractivity contribution in [1.82, 2.24) is 0 Å². The molecule has 0 heterocycles. The Labute approximate surface area is 94.1 Å². The van der Waals surface area contributed by atoms with E-state index in [-0.39, 0.29) is 0 Å². The topological polar surface area (TPSA) is 3.24 Å². The summed E-state index contributed by atoms with van der Waals surface area (Å²) < 4.78 is 0. The Morgan fingerprint density at radius 1 is 1.13 bits per heavy atom. The Kier molecular flexibility index (Phi) is 4.67. The van der Waals surface area contributed by atoms with Crippen LogP contribution in [-0.4, -0.2) is 12.6 Å². The largest absolute Gasteiger partial charge is 0.369 e. The van der Waals surface area contributed by atoms with Crippen LogP contribution in [0.5, 0.6) is 0 Å². The highest BCUT2D eigenvalue weighted by atomic mass is 15.1. The van der Waals surface area contributed by atoms with Gasteiger partial charge in [-0.25, -0.2) is 0 Å². The maximum absolute atomic E-state index is 2.50. The first-order valence-electron chi connectivity index (χ1n) is 6.09. The van der Waals surface area contributed by atoms with Crippen LogP contribution in [0.4, 0.5) is 5.69 Å². The maximum Gasteiger partial charge on any atom is 0.0400 e. The van der Waals surface area contributed by atoms with E-state index in [9.17, 15) is 0 Å². The van der Waals surface area contributed by atoms with Gasteiger partial charge in [-0.2, -0.15) is 0 Å². The fraction of sp³-hybridized carbons (Fsp3) is 0.571. The number of nitrogens with zero attached hydrogens (tertiary/aromatic N) is 1. The van der Waals surface area contributed by atoms with Gasteiger partial charge in [0.05, 0.1) is 0 Å². The van der Waals surface area contributed by atoms with Gasteiger partial charge in [-0.1, -0.05) is 32.0 Å². The second-order valence-corrected chi connectivity index (χ2v) is 4.03. The van der Waals surface area contributed by atoms with Gasteiger partial charge in [-0.15, -0.1) is 0 Å². The zero-order valence-corrected chi connectivity index (χ0v) is 10.5. The molecule has 0 N–H and O–H groups in total. The zero-order valence-electron chi connectivity index (χ0n) is 10.5. The van der Waals surface area contributed by atoms with Gasteiger partial charge in [0, 0.05) is 18.3 Å². The van der Waals surface area contributed by atoms with Crippen LogP contribution in [0.2, 0.25) is 0 Å². The zero-order chi connectivity index (χ0) is 11.3. The lowest BCUT2D eigenvalue weighted by molar-refractivity contribution is 0.627. The summed E-state index contributed by atoms with van der Waals surface area (Å²) in [4.78, 5) is 2.50. The van der Waals surface area contributed by atoms with Gasteiger partial charge < -0.3 is 4.90 Å². The molecule has 84 valence electrons. The number of hydrogen-bond donors (Lipinski definition) is 0.